The van der Waals surface area contributed by atoms with Crippen LogP contribution in [-0.2, 0) is 13.0 Å². The second-order valence-corrected chi connectivity index (χ2v) is 4.40. The molecule has 0 saturated heterocycles. The van der Waals surface area contributed by atoms with Crippen molar-refractivity contribution in [1.29, 1.82) is 0 Å². The summed E-state index contributed by atoms with van der Waals surface area (Å²) >= 11 is 0. The van der Waals surface area contributed by atoms with Gasteiger partial charge in [0.25, 0.3) is 0 Å². The number of rotatable bonds is 6. The predicted octanol–water partition coefficient (Wildman–Crippen LogP) is 4.26. The van der Waals surface area contributed by atoms with Gasteiger partial charge in [0.2, 0.25) is 0 Å². The molecule has 2 rings (SSSR count). The number of hydrogen-bond donors (Lipinski definition) is 1. The minimum absolute atomic E-state index is 0.697. The van der Waals surface area contributed by atoms with Gasteiger partial charge in [-0.3, -0.25) is 0 Å². The molecule has 0 spiro atoms. The van der Waals surface area contributed by atoms with Gasteiger partial charge in [-0.05, 0) is 31.0 Å². The highest BCUT2D eigenvalue weighted by Crippen LogP contribution is 2.21. The Morgan fingerprint density at radius 2 is 1.58 bits per heavy atom. The Bertz CT molecular complexity index is 522. The van der Waals surface area contributed by atoms with Crippen molar-refractivity contribution in [3.8, 4) is 5.75 Å². The monoisotopic (exact) mass is 255 g/mol. The zero-order chi connectivity index (χ0) is 13.5. The molecule has 0 amide bonds. The molecular formula is C17H21NO. The smallest absolute Gasteiger partial charge is 0.124 e. The second kappa shape index (κ2) is 6.83. The fourth-order valence-electron chi connectivity index (χ4n) is 2.14. The van der Waals surface area contributed by atoms with Crippen LogP contribution in [0.25, 0.3) is 0 Å². The number of hydrogen-bond acceptors (Lipinski definition) is 2. The molecule has 0 bridgehead atoms. The number of benzene rings is 2. The molecule has 0 heterocycles. The average molecular weight is 255 g/mol. The molecule has 2 aromatic rings. The lowest BCUT2D eigenvalue weighted by atomic mass is 10.1. The molecule has 0 saturated carbocycles. The van der Waals surface area contributed by atoms with E-state index in [1.807, 2.05) is 25.1 Å². The number of para-hydroxylation sites is 2. The van der Waals surface area contributed by atoms with E-state index in [2.05, 4.69) is 42.6 Å². The van der Waals surface area contributed by atoms with E-state index in [-0.39, 0.29) is 0 Å². The van der Waals surface area contributed by atoms with Crippen LogP contribution in [0.2, 0.25) is 0 Å². The maximum atomic E-state index is 5.64. The first kappa shape index (κ1) is 13.5. The summed E-state index contributed by atoms with van der Waals surface area (Å²) in [5.74, 6) is 0.964. The van der Waals surface area contributed by atoms with Crippen molar-refractivity contribution in [2.75, 3.05) is 11.9 Å². The van der Waals surface area contributed by atoms with E-state index in [1.54, 1.807) is 0 Å². The molecule has 2 aromatic carbocycles. The first-order valence-electron chi connectivity index (χ1n) is 6.87. The summed E-state index contributed by atoms with van der Waals surface area (Å²) in [7, 11) is 0. The van der Waals surface area contributed by atoms with Gasteiger partial charge >= 0.3 is 0 Å². The molecule has 0 atom stereocenters. The fourth-order valence-corrected chi connectivity index (χ4v) is 2.14. The molecular weight excluding hydrogens is 234 g/mol. The standard InChI is InChI=1S/C17H21NO/c1-3-14-9-5-7-11-16(14)18-13-15-10-6-8-12-17(15)19-4-2/h5-12,18H,3-4,13H2,1-2H3. The Morgan fingerprint density at radius 1 is 0.895 bits per heavy atom. The second-order valence-electron chi connectivity index (χ2n) is 4.40. The van der Waals surface area contributed by atoms with Crippen molar-refractivity contribution in [3.63, 3.8) is 0 Å². The van der Waals surface area contributed by atoms with Gasteiger partial charge in [-0.1, -0.05) is 43.3 Å². The lowest BCUT2D eigenvalue weighted by Gasteiger charge is -2.13. The summed E-state index contributed by atoms with van der Waals surface area (Å²) in [5.41, 5.74) is 3.74. The molecule has 0 fully saturated rings. The summed E-state index contributed by atoms with van der Waals surface area (Å²) in [6.07, 6.45) is 1.04. The third kappa shape index (κ3) is 3.50. The van der Waals surface area contributed by atoms with Crippen molar-refractivity contribution in [1.82, 2.24) is 0 Å². The van der Waals surface area contributed by atoms with E-state index in [9.17, 15) is 0 Å². The van der Waals surface area contributed by atoms with E-state index in [1.165, 1.54) is 16.8 Å². The van der Waals surface area contributed by atoms with E-state index < -0.39 is 0 Å². The van der Waals surface area contributed by atoms with Crippen molar-refractivity contribution in [2.45, 2.75) is 26.8 Å². The normalized spacial score (nSPS) is 10.2. The van der Waals surface area contributed by atoms with Gasteiger partial charge in [0.1, 0.15) is 5.75 Å². The first-order valence-corrected chi connectivity index (χ1v) is 6.87. The lowest BCUT2D eigenvalue weighted by molar-refractivity contribution is 0.337. The summed E-state index contributed by atoms with van der Waals surface area (Å²) in [4.78, 5) is 0. The molecule has 0 aliphatic carbocycles. The van der Waals surface area contributed by atoms with Crippen LogP contribution in [0.15, 0.2) is 48.5 Å². The highest BCUT2D eigenvalue weighted by molar-refractivity contribution is 5.52. The van der Waals surface area contributed by atoms with E-state index in [4.69, 9.17) is 4.74 Å². The van der Waals surface area contributed by atoms with Crippen LogP contribution < -0.4 is 10.1 Å². The van der Waals surface area contributed by atoms with Gasteiger partial charge in [0.05, 0.1) is 6.61 Å². The summed E-state index contributed by atoms with van der Waals surface area (Å²) in [6, 6.07) is 16.6. The van der Waals surface area contributed by atoms with Crippen LogP contribution in [0.5, 0.6) is 5.75 Å². The largest absolute Gasteiger partial charge is 0.494 e. The zero-order valence-electron chi connectivity index (χ0n) is 11.6. The van der Waals surface area contributed by atoms with Crippen LogP contribution in [0, 0.1) is 0 Å². The Kier molecular flexibility index (Phi) is 4.85. The maximum Gasteiger partial charge on any atom is 0.124 e. The lowest BCUT2D eigenvalue weighted by Crippen LogP contribution is -2.04. The highest BCUT2D eigenvalue weighted by atomic mass is 16.5. The van der Waals surface area contributed by atoms with Crippen LogP contribution in [0.1, 0.15) is 25.0 Å². The van der Waals surface area contributed by atoms with Gasteiger partial charge in [0.15, 0.2) is 0 Å². The van der Waals surface area contributed by atoms with E-state index in [0.29, 0.717) is 6.61 Å². The minimum atomic E-state index is 0.697. The van der Waals surface area contributed by atoms with E-state index in [0.717, 1.165) is 18.7 Å². The van der Waals surface area contributed by atoms with Gasteiger partial charge in [0, 0.05) is 17.8 Å². The zero-order valence-corrected chi connectivity index (χ0v) is 11.6. The maximum absolute atomic E-state index is 5.64. The van der Waals surface area contributed by atoms with Gasteiger partial charge in [-0.15, -0.1) is 0 Å². The number of nitrogens with one attached hydrogen (secondary N) is 1. The summed E-state index contributed by atoms with van der Waals surface area (Å²) < 4.78 is 5.64. The Morgan fingerprint density at radius 3 is 2.32 bits per heavy atom. The highest BCUT2D eigenvalue weighted by Gasteiger charge is 2.03. The Labute approximate surface area is 115 Å². The first-order chi connectivity index (χ1) is 9.35. The van der Waals surface area contributed by atoms with Gasteiger partial charge in [-0.25, -0.2) is 0 Å². The number of aryl methyl sites for hydroxylation is 1. The SMILES string of the molecule is CCOc1ccccc1CNc1ccccc1CC. The summed E-state index contributed by atoms with van der Waals surface area (Å²) in [5, 5.41) is 3.50. The van der Waals surface area contributed by atoms with Crippen LogP contribution in [0.3, 0.4) is 0 Å². The quantitative estimate of drug-likeness (QED) is 0.832. The molecule has 2 heteroatoms. The molecule has 0 aliphatic heterocycles. The van der Waals surface area contributed by atoms with Crippen molar-refractivity contribution >= 4 is 5.69 Å². The van der Waals surface area contributed by atoms with Crippen molar-refractivity contribution in [3.05, 3.63) is 59.7 Å². The van der Waals surface area contributed by atoms with Crippen molar-refractivity contribution < 1.29 is 4.74 Å². The molecule has 0 unspecified atom stereocenters. The third-order valence-electron chi connectivity index (χ3n) is 3.14. The number of ether oxygens (including phenoxy) is 1. The van der Waals surface area contributed by atoms with Crippen LogP contribution in [0.4, 0.5) is 5.69 Å². The van der Waals surface area contributed by atoms with Gasteiger partial charge < -0.3 is 10.1 Å². The summed E-state index contributed by atoms with van der Waals surface area (Å²) in [6.45, 7) is 5.67. The fraction of sp³-hybridized carbons (Fsp3) is 0.294. The molecule has 19 heavy (non-hydrogen) atoms. The van der Waals surface area contributed by atoms with Crippen LogP contribution >= 0.6 is 0 Å². The topological polar surface area (TPSA) is 21.3 Å². The Hall–Kier alpha value is -1.96. The minimum Gasteiger partial charge on any atom is -0.494 e. The van der Waals surface area contributed by atoms with Gasteiger partial charge in [-0.2, -0.15) is 0 Å². The van der Waals surface area contributed by atoms with Crippen molar-refractivity contribution in [2.24, 2.45) is 0 Å². The molecule has 0 aliphatic rings. The third-order valence-corrected chi connectivity index (χ3v) is 3.14. The predicted molar refractivity (Wildman–Crippen MR) is 80.8 cm³/mol. The van der Waals surface area contributed by atoms with E-state index >= 15 is 0 Å². The Balaban J connectivity index is 2.10. The molecule has 100 valence electrons. The number of anilines is 1. The molecule has 1 N–H and O–H groups in total. The molecule has 2 nitrogen and oxygen atoms in total. The molecule has 0 aromatic heterocycles. The van der Waals surface area contributed by atoms with Crippen LogP contribution in [-0.4, -0.2) is 6.61 Å². The average Bonchev–Trinajstić information content (AvgIpc) is 2.47. The molecule has 0 radical (unpaired) electrons.